The van der Waals surface area contributed by atoms with Crippen LogP contribution in [0.2, 0.25) is 0 Å². The van der Waals surface area contributed by atoms with Crippen LogP contribution in [0.5, 0.6) is 0 Å². The maximum atomic E-state index is 11.9. The summed E-state index contributed by atoms with van der Waals surface area (Å²) in [6.07, 6.45) is 9.82. The minimum atomic E-state index is -0.0184. The van der Waals surface area contributed by atoms with Crippen LogP contribution >= 0.6 is 0 Å². The number of pyridine rings is 1. The van der Waals surface area contributed by atoms with Gasteiger partial charge < -0.3 is 14.5 Å². The molecule has 0 spiro atoms. The number of benzene rings is 1. The van der Waals surface area contributed by atoms with Gasteiger partial charge in [0.25, 0.3) is 0 Å². The quantitative estimate of drug-likeness (QED) is 0.395. The third-order valence-corrected chi connectivity index (χ3v) is 7.26. The highest BCUT2D eigenvalue weighted by Crippen LogP contribution is 2.33. The van der Waals surface area contributed by atoms with Crippen LogP contribution < -0.4 is 4.90 Å². The number of rotatable bonds is 5. The number of hydrogen-bond donors (Lipinski definition) is 0. The highest BCUT2D eigenvalue weighted by Gasteiger charge is 2.21. The van der Waals surface area contributed by atoms with E-state index >= 15 is 0 Å². The van der Waals surface area contributed by atoms with Crippen molar-refractivity contribution in [1.82, 2.24) is 24.3 Å². The van der Waals surface area contributed by atoms with Gasteiger partial charge in [0.1, 0.15) is 6.07 Å². The SMILES string of the molecule is C=CC(=O)N1CCN(c2ccc(-c3cc(-c4cnn([C@H]5CCOC5)c4)cn4ncc(C#N)c34)cc2)CC1. The Bertz CT molecular complexity index is 1500. The Balaban J connectivity index is 1.32. The van der Waals surface area contributed by atoms with Crippen LogP contribution in [0.4, 0.5) is 5.69 Å². The first kappa shape index (κ1) is 23.0. The van der Waals surface area contributed by atoms with Gasteiger partial charge in [0.2, 0.25) is 5.91 Å². The third-order valence-electron chi connectivity index (χ3n) is 7.26. The molecule has 2 aliphatic rings. The molecule has 4 aromatic rings. The minimum Gasteiger partial charge on any atom is -0.379 e. The molecule has 1 atom stereocenters. The Hall–Kier alpha value is -4.42. The number of hydrogen-bond acceptors (Lipinski definition) is 6. The number of ether oxygens (including phenoxy) is 1. The van der Waals surface area contributed by atoms with Gasteiger partial charge in [0.05, 0.1) is 36.1 Å². The lowest BCUT2D eigenvalue weighted by Crippen LogP contribution is -2.48. The van der Waals surface area contributed by atoms with Crippen molar-refractivity contribution in [3.8, 4) is 28.3 Å². The zero-order valence-electron chi connectivity index (χ0n) is 20.5. The van der Waals surface area contributed by atoms with Crippen molar-refractivity contribution in [2.75, 3.05) is 44.3 Å². The number of nitriles is 1. The van der Waals surface area contributed by atoms with Crippen LogP contribution in [0, 0.1) is 11.3 Å². The lowest BCUT2D eigenvalue weighted by molar-refractivity contribution is -0.126. The van der Waals surface area contributed by atoms with Crippen LogP contribution in [-0.4, -0.2) is 69.6 Å². The largest absolute Gasteiger partial charge is 0.379 e. The number of fused-ring (bicyclic) bond motifs is 1. The minimum absolute atomic E-state index is 0.0184. The molecule has 0 N–H and O–H groups in total. The summed E-state index contributed by atoms with van der Waals surface area (Å²) in [5.41, 5.74) is 6.34. The molecule has 1 amide bonds. The molecule has 1 aromatic carbocycles. The highest BCUT2D eigenvalue weighted by molar-refractivity contribution is 5.88. The van der Waals surface area contributed by atoms with Crippen molar-refractivity contribution in [2.45, 2.75) is 12.5 Å². The number of anilines is 1. The number of carbonyl (C=O) groups is 1. The fourth-order valence-corrected chi connectivity index (χ4v) is 5.16. The second-order valence-corrected chi connectivity index (χ2v) is 9.40. The second-order valence-electron chi connectivity index (χ2n) is 9.40. The summed E-state index contributed by atoms with van der Waals surface area (Å²) >= 11 is 0. The highest BCUT2D eigenvalue weighted by atomic mass is 16.5. The molecule has 186 valence electrons. The van der Waals surface area contributed by atoms with Gasteiger partial charge in [-0.25, -0.2) is 4.52 Å². The summed E-state index contributed by atoms with van der Waals surface area (Å²) in [5.74, 6) is -0.0184. The van der Waals surface area contributed by atoms with Gasteiger partial charge in [0.15, 0.2) is 0 Å². The molecular formula is C28H27N7O2. The maximum Gasteiger partial charge on any atom is 0.246 e. The molecule has 5 heterocycles. The monoisotopic (exact) mass is 493 g/mol. The van der Waals surface area contributed by atoms with Gasteiger partial charge >= 0.3 is 0 Å². The van der Waals surface area contributed by atoms with E-state index in [4.69, 9.17) is 4.74 Å². The van der Waals surface area contributed by atoms with Gasteiger partial charge in [-0.15, -0.1) is 0 Å². The zero-order chi connectivity index (χ0) is 25.4. The summed E-state index contributed by atoms with van der Waals surface area (Å²) in [4.78, 5) is 16.0. The normalized spacial score (nSPS) is 17.8. The van der Waals surface area contributed by atoms with Crippen LogP contribution in [0.15, 0.2) is 67.8 Å². The predicted molar refractivity (Wildman–Crippen MR) is 140 cm³/mol. The first-order valence-electron chi connectivity index (χ1n) is 12.4. The van der Waals surface area contributed by atoms with Crippen molar-refractivity contribution in [2.24, 2.45) is 0 Å². The first-order chi connectivity index (χ1) is 18.1. The molecule has 0 saturated carbocycles. The molecule has 9 heteroatoms. The lowest BCUT2D eigenvalue weighted by atomic mass is 9.99. The smallest absolute Gasteiger partial charge is 0.246 e. The number of carbonyl (C=O) groups excluding carboxylic acids is 1. The summed E-state index contributed by atoms with van der Waals surface area (Å²) in [7, 11) is 0. The molecule has 2 fully saturated rings. The predicted octanol–water partition coefficient (Wildman–Crippen LogP) is 3.53. The topological polar surface area (TPSA) is 91.7 Å². The maximum absolute atomic E-state index is 11.9. The summed E-state index contributed by atoms with van der Waals surface area (Å²) in [6, 6.07) is 13.0. The standard InChI is InChI=1S/C28H27N7O2/c1-2-27(36)33-10-8-32(9-11-33)24-5-3-20(4-6-24)26-13-21(17-35-28(26)22(14-29)15-31-35)23-16-30-34(18-23)25-7-12-37-19-25/h2-6,13,15-18,25H,1,7-12,19H2/t25-/m0/s1. The van der Waals surface area contributed by atoms with E-state index in [0.717, 1.165) is 59.6 Å². The van der Waals surface area contributed by atoms with Crippen molar-refractivity contribution in [1.29, 1.82) is 5.26 Å². The lowest BCUT2D eigenvalue weighted by Gasteiger charge is -2.35. The summed E-state index contributed by atoms with van der Waals surface area (Å²) in [5, 5.41) is 18.8. The van der Waals surface area contributed by atoms with E-state index in [1.807, 2.05) is 22.0 Å². The van der Waals surface area contributed by atoms with Crippen molar-refractivity contribution in [3.63, 3.8) is 0 Å². The van der Waals surface area contributed by atoms with E-state index in [1.165, 1.54) is 6.08 Å². The average molecular weight is 494 g/mol. The van der Waals surface area contributed by atoms with E-state index in [-0.39, 0.29) is 11.9 Å². The van der Waals surface area contributed by atoms with E-state index in [2.05, 4.69) is 64.3 Å². The van der Waals surface area contributed by atoms with E-state index in [1.54, 1.807) is 10.7 Å². The Kier molecular flexibility index (Phi) is 5.94. The average Bonchev–Trinajstić information content (AvgIpc) is 3.73. The molecule has 6 rings (SSSR count). The van der Waals surface area contributed by atoms with Gasteiger partial charge in [-0.05, 0) is 36.3 Å². The van der Waals surface area contributed by atoms with Crippen molar-refractivity contribution < 1.29 is 9.53 Å². The van der Waals surface area contributed by atoms with E-state index < -0.39 is 0 Å². The van der Waals surface area contributed by atoms with E-state index in [9.17, 15) is 10.1 Å². The third kappa shape index (κ3) is 4.26. The first-order valence-corrected chi connectivity index (χ1v) is 12.4. The Labute approximate surface area is 214 Å². The van der Waals surface area contributed by atoms with Gasteiger partial charge in [-0.1, -0.05) is 18.7 Å². The Morgan fingerprint density at radius 2 is 1.86 bits per heavy atom. The van der Waals surface area contributed by atoms with Crippen LogP contribution in [0.25, 0.3) is 27.8 Å². The molecular weight excluding hydrogens is 466 g/mol. The molecule has 2 saturated heterocycles. The van der Waals surface area contributed by atoms with Gasteiger partial charge in [-0.3, -0.25) is 9.48 Å². The van der Waals surface area contributed by atoms with E-state index in [0.29, 0.717) is 25.3 Å². The van der Waals surface area contributed by atoms with Gasteiger partial charge in [0, 0.05) is 67.6 Å². The Morgan fingerprint density at radius 3 is 2.57 bits per heavy atom. The fraction of sp³-hybridized carbons (Fsp3) is 0.286. The molecule has 0 bridgehead atoms. The van der Waals surface area contributed by atoms with Crippen LogP contribution in [0.1, 0.15) is 18.0 Å². The van der Waals surface area contributed by atoms with Crippen molar-refractivity contribution in [3.05, 3.63) is 73.3 Å². The molecule has 9 nitrogen and oxygen atoms in total. The second kappa shape index (κ2) is 9.56. The van der Waals surface area contributed by atoms with Crippen LogP contribution in [0.3, 0.4) is 0 Å². The molecule has 2 aliphatic heterocycles. The number of amides is 1. The molecule has 0 unspecified atom stereocenters. The zero-order valence-corrected chi connectivity index (χ0v) is 20.5. The molecule has 3 aromatic heterocycles. The van der Waals surface area contributed by atoms with Gasteiger partial charge in [-0.2, -0.15) is 15.5 Å². The number of piperazine rings is 1. The molecule has 37 heavy (non-hydrogen) atoms. The number of aromatic nitrogens is 4. The van der Waals surface area contributed by atoms with Crippen molar-refractivity contribution >= 4 is 17.1 Å². The summed E-state index contributed by atoms with van der Waals surface area (Å²) in [6.45, 7) is 7.93. The number of nitrogens with zero attached hydrogens (tertiary/aromatic N) is 7. The molecule has 0 aliphatic carbocycles. The van der Waals surface area contributed by atoms with Crippen LogP contribution in [-0.2, 0) is 9.53 Å². The summed E-state index contributed by atoms with van der Waals surface area (Å²) < 4.78 is 9.28. The molecule has 0 radical (unpaired) electrons. The Morgan fingerprint density at radius 1 is 1.05 bits per heavy atom. The fourth-order valence-electron chi connectivity index (χ4n) is 5.16.